The van der Waals surface area contributed by atoms with Crippen LogP contribution in [0, 0.1) is 0 Å². The number of carbonyl (C=O) groups is 2. The van der Waals surface area contributed by atoms with E-state index in [0.717, 1.165) is 5.56 Å². The van der Waals surface area contributed by atoms with Gasteiger partial charge < -0.3 is 16.2 Å². The zero-order valence-electron chi connectivity index (χ0n) is 8.76. The number of nitrogens with two attached hydrogens (primary N) is 2. The Kier molecular flexibility index (Phi) is 4.47. The first-order valence-electron chi connectivity index (χ1n) is 4.84. The van der Waals surface area contributed by atoms with Crippen LogP contribution in [-0.4, -0.2) is 17.9 Å². The molecule has 0 aliphatic rings. The molecule has 0 spiro atoms. The Morgan fingerprint density at radius 1 is 1.25 bits per heavy atom. The topological polar surface area (TPSA) is 95.4 Å². The fourth-order valence-corrected chi connectivity index (χ4v) is 1.14. The number of primary amides is 1. The van der Waals surface area contributed by atoms with Crippen molar-refractivity contribution < 1.29 is 14.3 Å². The second-order valence-electron chi connectivity index (χ2n) is 3.37. The van der Waals surface area contributed by atoms with E-state index in [2.05, 4.69) is 0 Å². The van der Waals surface area contributed by atoms with E-state index in [0.29, 0.717) is 0 Å². The van der Waals surface area contributed by atoms with Crippen molar-refractivity contribution >= 4 is 11.9 Å². The van der Waals surface area contributed by atoms with Gasteiger partial charge in [-0.3, -0.25) is 9.59 Å². The van der Waals surface area contributed by atoms with E-state index in [1.54, 1.807) is 0 Å². The molecule has 0 heterocycles. The second-order valence-corrected chi connectivity index (χ2v) is 3.37. The van der Waals surface area contributed by atoms with Crippen LogP contribution in [0.1, 0.15) is 12.0 Å². The molecule has 5 heteroatoms. The van der Waals surface area contributed by atoms with Gasteiger partial charge in [-0.1, -0.05) is 30.3 Å². The van der Waals surface area contributed by atoms with Crippen molar-refractivity contribution in [3.63, 3.8) is 0 Å². The van der Waals surface area contributed by atoms with Crippen LogP contribution < -0.4 is 11.5 Å². The smallest absolute Gasteiger partial charge is 0.323 e. The van der Waals surface area contributed by atoms with Gasteiger partial charge in [0, 0.05) is 0 Å². The highest BCUT2D eigenvalue weighted by atomic mass is 16.5. The highest BCUT2D eigenvalue weighted by molar-refractivity contribution is 5.84. The molecule has 0 saturated heterocycles. The number of hydrogen-bond donors (Lipinski definition) is 2. The standard InChI is InChI=1S/C11H14N2O3/c12-9(6-10(13)14)11(15)16-7-8-4-2-1-3-5-8/h1-5,9H,6-7,12H2,(H2,13,14)/t9-/m0/s1. The quantitative estimate of drug-likeness (QED) is 0.682. The van der Waals surface area contributed by atoms with Gasteiger partial charge in [-0.25, -0.2) is 0 Å². The Bertz CT molecular complexity index is 365. The third-order valence-corrected chi connectivity index (χ3v) is 1.95. The second kappa shape index (κ2) is 5.87. The van der Waals surface area contributed by atoms with Gasteiger partial charge in [-0.2, -0.15) is 0 Å². The number of carbonyl (C=O) groups excluding carboxylic acids is 2. The molecule has 0 aliphatic heterocycles. The minimum atomic E-state index is -0.985. The molecule has 1 atom stereocenters. The lowest BCUT2D eigenvalue weighted by Gasteiger charge is -2.09. The third-order valence-electron chi connectivity index (χ3n) is 1.95. The molecule has 0 radical (unpaired) electrons. The lowest BCUT2D eigenvalue weighted by molar-refractivity contribution is -0.147. The summed E-state index contributed by atoms with van der Waals surface area (Å²) in [6.07, 6.45) is -0.201. The molecule has 1 aromatic rings. The van der Waals surface area contributed by atoms with Gasteiger partial charge in [-0.05, 0) is 5.56 Å². The van der Waals surface area contributed by atoms with E-state index in [1.165, 1.54) is 0 Å². The minimum Gasteiger partial charge on any atom is -0.460 e. The molecule has 0 aromatic heterocycles. The van der Waals surface area contributed by atoms with Crippen molar-refractivity contribution in [2.24, 2.45) is 11.5 Å². The summed E-state index contributed by atoms with van der Waals surface area (Å²) < 4.78 is 4.92. The summed E-state index contributed by atoms with van der Waals surface area (Å²) in [5.74, 6) is -1.24. The molecule has 0 bridgehead atoms. The first-order valence-corrected chi connectivity index (χ1v) is 4.84. The van der Waals surface area contributed by atoms with E-state index in [1.807, 2.05) is 30.3 Å². The van der Waals surface area contributed by atoms with Crippen LogP contribution in [0.4, 0.5) is 0 Å². The zero-order valence-corrected chi connectivity index (χ0v) is 8.76. The van der Waals surface area contributed by atoms with Crippen molar-refractivity contribution in [2.75, 3.05) is 0 Å². The highest BCUT2D eigenvalue weighted by Gasteiger charge is 2.17. The lowest BCUT2D eigenvalue weighted by atomic mass is 10.2. The van der Waals surface area contributed by atoms with Gasteiger partial charge in [0.25, 0.3) is 0 Å². The normalized spacial score (nSPS) is 11.8. The Morgan fingerprint density at radius 3 is 2.44 bits per heavy atom. The summed E-state index contributed by atoms with van der Waals surface area (Å²) in [5.41, 5.74) is 11.2. The van der Waals surface area contributed by atoms with Crippen molar-refractivity contribution in [2.45, 2.75) is 19.1 Å². The number of ether oxygens (including phenoxy) is 1. The van der Waals surface area contributed by atoms with Gasteiger partial charge >= 0.3 is 5.97 Å². The summed E-state index contributed by atoms with van der Waals surface area (Å²) in [6, 6.07) is 8.21. The average molecular weight is 222 g/mol. The maximum Gasteiger partial charge on any atom is 0.323 e. The largest absolute Gasteiger partial charge is 0.460 e. The SMILES string of the molecule is NC(=O)C[C@H](N)C(=O)OCc1ccccc1. The van der Waals surface area contributed by atoms with Gasteiger partial charge in [0.05, 0.1) is 6.42 Å². The number of esters is 1. The Hall–Kier alpha value is -1.88. The highest BCUT2D eigenvalue weighted by Crippen LogP contribution is 2.02. The molecule has 86 valence electrons. The third kappa shape index (κ3) is 4.10. The predicted octanol–water partition coefficient (Wildman–Crippen LogP) is -0.0675. The molecule has 1 amide bonds. The molecule has 4 N–H and O–H groups in total. The fraction of sp³-hybridized carbons (Fsp3) is 0.273. The van der Waals surface area contributed by atoms with E-state index in [9.17, 15) is 9.59 Å². The van der Waals surface area contributed by atoms with E-state index in [4.69, 9.17) is 16.2 Å². The maximum atomic E-state index is 11.3. The van der Waals surface area contributed by atoms with Crippen LogP contribution in [0.25, 0.3) is 0 Å². The summed E-state index contributed by atoms with van der Waals surface area (Å²) in [7, 11) is 0. The number of benzene rings is 1. The van der Waals surface area contributed by atoms with E-state index < -0.39 is 17.9 Å². The fourth-order valence-electron chi connectivity index (χ4n) is 1.14. The lowest BCUT2D eigenvalue weighted by Crippen LogP contribution is -2.36. The van der Waals surface area contributed by atoms with Gasteiger partial charge in [0.2, 0.25) is 5.91 Å². The molecule has 0 aliphatic carbocycles. The monoisotopic (exact) mass is 222 g/mol. The minimum absolute atomic E-state index is 0.145. The molecular weight excluding hydrogens is 208 g/mol. The summed E-state index contributed by atoms with van der Waals surface area (Å²) >= 11 is 0. The molecule has 1 aromatic carbocycles. The first-order chi connectivity index (χ1) is 7.59. The van der Waals surface area contributed by atoms with Crippen molar-refractivity contribution in [3.8, 4) is 0 Å². The van der Waals surface area contributed by atoms with Crippen LogP contribution in [0.3, 0.4) is 0 Å². The molecular formula is C11H14N2O3. The molecule has 0 unspecified atom stereocenters. The number of amides is 1. The maximum absolute atomic E-state index is 11.3. The van der Waals surface area contributed by atoms with Crippen LogP contribution in [-0.2, 0) is 20.9 Å². The van der Waals surface area contributed by atoms with Crippen molar-refractivity contribution in [1.29, 1.82) is 0 Å². The Balaban J connectivity index is 2.38. The van der Waals surface area contributed by atoms with E-state index in [-0.39, 0.29) is 13.0 Å². The van der Waals surface area contributed by atoms with Gasteiger partial charge in [-0.15, -0.1) is 0 Å². The Labute approximate surface area is 93.4 Å². The van der Waals surface area contributed by atoms with Gasteiger partial charge in [0.15, 0.2) is 0 Å². The van der Waals surface area contributed by atoms with Crippen LogP contribution in [0.5, 0.6) is 0 Å². The van der Waals surface area contributed by atoms with Crippen LogP contribution in [0.2, 0.25) is 0 Å². The summed E-state index contributed by atoms with van der Waals surface area (Å²) in [6.45, 7) is 0.145. The number of hydrogen-bond acceptors (Lipinski definition) is 4. The molecule has 0 saturated carbocycles. The number of rotatable bonds is 5. The molecule has 0 fully saturated rings. The first kappa shape index (κ1) is 12.2. The average Bonchev–Trinajstić information content (AvgIpc) is 2.26. The van der Waals surface area contributed by atoms with Crippen LogP contribution >= 0.6 is 0 Å². The van der Waals surface area contributed by atoms with Gasteiger partial charge in [0.1, 0.15) is 12.6 Å². The Morgan fingerprint density at radius 2 is 1.88 bits per heavy atom. The molecule has 5 nitrogen and oxygen atoms in total. The predicted molar refractivity (Wildman–Crippen MR) is 58.0 cm³/mol. The summed E-state index contributed by atoms with van der Waals surface area (Å²) in [5, 5.41) is 0. The zero-order chi connectivity index (χ0) is 12.0. The molecule has 16 heavy (non-hydrogen) atoms. The molecule has 1 rings (SSSR count). The van der Waals surface area contributed by atoms with Crippen molar-refractivity contribution in [1.82, 2.24) is 0 Å². The summed E-state index contributed by atoms with van der Waals surface area (Å²) in [4.78, 5) is 21.8. The van der Waals surface area contributed by atoms with Crippen molar-refractivity contribution in [3.05, 3.63) is 35.9 Å². The van der Waals surface area contributed by atoms with E-state index >= 15 is 0 Å². The van der Waals surface area contributed by atoms with Crippen LogP contribution in [0.15, 0.2) is 30.3 Å².